The fourth-order valence-electron chi connectivity index (χ4n) is 3.65. The van der Waals surface area contributed by atoms with Gasteiger partial charge in [-0.25, -0.2) is 4.98 Å². The largest absolute Gasteiger partial charge is 0.369 e. The van der Waals surface area contributed by atoms with Crippen molar-refractivity contribution >= 4 is 34.8 Å². The average molecular weight is 369 g/mol. The Morgan fingerprint density at radius 1 is 1.00 bits per heavy atom. The van der Waals surface area contributed by atoms with E-state index in [-0.39, 0.29) is 29.6 Å². The second-order valence-electron chi connectivity index (χ2n) is 6.36. The Bertz CT molecular complexity index is 1090. The maximum absolute atomic E-state index is 13.0. The fourth-order valence-corrected chi connectivity index (χ4v) is 3.65. The summed E-state index contributed by atoms with van der Waals surface area (Å²) in [5.74, 6) is 0.0147. The second kappa shape index (κ2) is 6.23. The van der Waals surface area contributed by atoms with Crippen LogP contribution in [0.2, 0.25) is 0 Å². The molecule has 1 fully saturated rings. The molecule has 0 saturated carbocycles. The highest BCUT2D eigenvalue weighted by Crippen LogP contribution is 2.30. The van der Waals surface area contributed by atoms with E-state index >= 15 is 0 Å². The summed E-state index contributed by atoms with van der Waals surface area (Å²) in [6, 6.07) is 12.9. The molecule has 0 aliphatic carbocycles. The van der Waals surface area contributed by atoms with Gasteiger partial charge in [0.15, 0.2) is 5.82 Å². The number of ketones is 1. The van der Waals surface area contributed by atoms with Crippen LogP contribution in [0.4, 0.5) is 5.69 Å². The van der Waals surface area contributed by atoms with Gasteiger partial charge in [0.05, 0.1) is 22.2 Å². The molecule has 0 bridgehead atoms. The molecule has 1 N–H and O–H groups in total. The molecular weight excluding hydrogens is 352 g/mol. The van der Waals surface area contributed by atoms with Crippen LogP contribution >= 0.6 is 12.4 Å². The van der Waals surface area contributed by atoms with E-state index in [0.29, 0.717) is 22.2 Å². The van der Waals surface area contributed by atoms with Crippen LogP contribution in [0.5, 0.6) is 0 Å². The van der Waals surface area contributed by atoms with E-state index in [1.165, 1.54) is 4.57 Å². The Kier molecular flexibility index (Phi) is 4.01. The molecule has 0 atom stereocenters. The molecule has 3 heterocycles. The predicted molar refractivity (Wildman–Crippen MR) is 103 cm³/mol. The van der Waals surface area contributed by atoms with Crippen LogP contribution in [0, 0.1) is 0 Å². The third kappa shape index (κ3) is 2.34. The molecule has 1 saturated heterocycles. The molecule has 132 valence electrons. The molecule has 2 aromatic carbocycles. The number of anilines is 1. The standard InChI is InChI=1S/C19H16N4O2.ClH/c24-17-14-6-5-12(22-9-7-20-8-10-22)11-16(14)23-18(17)21-15-4-2-1-3-13(15)19(23)25;/h1-6,11,20H,7-10H2;1H. The van der Waals surface area contributed by atoms with Crippen molar-refractivity contribution in [3.63, 3.8) is 0 Å². The molecule has 0 spiro atoms. The van der Waals surface area contributed by atoms with E-state index in [2.05, 4.69) is 15.2 Å². The number of carbonyl (C=O) groups is 1. The predicted octanol–water partition coefficient (Wildman–Crippen LogP) is 1.76. The van der Waals surface area contributed by atoms with Gasteiger partial charge in [-0.05, 0) is 30.3 Å². The number of halogens is 1. The molecule has 1 aromatic heterocycles. The summed E-state index contributed by atoms with van der Waals surface area (Å²) in [7, 11) is 0. The summed E-state index contributed by atoms with van der Waals surface area (Å²) in [4.78, 5) is 32.4. The lowest BCUT2D eigenvalue weighted by atomic mass is 10.1. The average Bonchev–Trinajstić information content (AvgIpc) is 2.95. The van der Waals surface area contributed by atoms with Crippen molar-refractivity contribution in [3.8, 4) is 5.69 Å². The van der Waals surface area contributed by atoms with Gasteiger partial charge >= 0.3 is 0 Å². The van der Waals surface area contributed by atoms with Crippen molar-refractivity contribution in [2.75, 3.05) is 31.1 Å². The zero-order chi connectivity index (χ0) is 17.0. The van der Waals surface area contributed by atoms with E-state index in [1.807, 2.05) is 30.3 Å². The van der Waals surface area contributed by atoms with Gasteiger partial charge in [-0.3, -0.25) is 14.2 Å². The lowest BCUT2D eigenvalue weighted by Crippen LogP contribution is -2.43. The maximum Gasteiger partial charge on any atom is 0.266 e. The summed E-state index contributed by atoms with van der Waals surface area (Å²) < 4.78 is 1.46. The highest BCUT2D eigenvalue weighted by Gasteiger charge is 2.31. The number of piperazine rings is 1. The van der Waals surface area contributed by atoms with Crippen LogP contribution in [0.25, 0.3) is 16.6 Å². The first-order chi connectivity index (χ1) is 12.2. The van der Waals surface area contributed by atoms with E-state index in [4.69, 9.17) is 0 Å². The van der Waals surface area contributed by atoms with E-state index in [1.54, 1.807) is 12.1 Å². The van der Waals surface area contributed by atoms with Crippen molar-refractivity contribution in [3.05, 3.63) is 64.2 Å². The summed E-state index contributed by atoms with van der Waals surface area (Å²) in [5, 5.41) is 3.86. The number of aromatic nitrogens is 2. The lowest BCUT2D eigenvalue weighted by Gasteiger charge is -2.29. The third-order valence-corrected chi connectivity index (χ3v) is 4.93. The molecule has 6 nitrogen and oxygen atoms in total. The Hall–Kier alpha value is -2.70. The van der Waals surface area contributed by atoms with Gasteiger partial charge < -0.3 is 10.2 Å². The van der Waals surface area contributed by atoms with E-state index in [0.717, 1.165) is 31.9 Å². The third-order valence-electron chi connectivity index (χ3n) is 4.93. The van der Waals surface area contributed by atoms with Crippen molar-refractivity contribution in [1.82, 2.24) is 14.9 Å². The Morgan fingerprint density at radius 2 is 1.77 bits per heavy atom. The first kappa shape index (κ1) is 16.8. The number of para-hydroxylation sites is 1. The van der Waals surface area contributed by atoms with Crippen molar-refractivity contribution in [2.45, 2.75) is 0 Å². The van der Waals surface area contributed by atoms with Gasteiger partial charge in [-0.15, -0.1) is 12.4 Å². The molecule has 5 rings (SSSR count). The van der Waals surface area contributed by atoms with Crippen LogP contribution in [0.15, 0.2) is 47.3 Å². The number of carbonyl (C=O) groups excluding carboxylic acids is 1. The van der Waals surface area contributed by atoms with Gasteiger partial charge in [0.2, 0.25) is 5.78 Å². The number of rotatable bonds is 1. The summed E-state index contributed by atoms with van der Waals surface area (Å²) in [5.41, 5.74) is 2.58. The minimum absolute atomic E-state index is 0. The number of nitrogens with one attached hydrogen (secondary N) is 1. The molecule has 0 amide bonds. The number of hydrogen-bond acceptors (Lipinski definition) is 5. The summed E-state index contributed by atoms with van der Waals surface area (Å²) in [6.07, 6.45) is 0. The normalized spacial score (nSPS) is 15.5. The van der Waals surface area contributed by atoms with Crippen LogP contribution in [-0.2, 0) is 0 Å². The zero-order valence-corrected chi connectivity index (χ0v) is 14.8. The van der Waals surface area contributed by atoms with E-state index < -0.39 is 0 Å². The van der Waals surface area contributed by atoms with Crippen molar-refractivity contribution < 1.29 is 4.79 Å². The summed E-state index contributed by atoms with van der Waals surface area (Å²) >= 11 is 0. The number of nitrogens with zero attached hydrogens (tertiary/aromatic N) is 3. The molecule has 26 heavy (non-hydrogen) atoms. The quantitative estimate of drug-likeness (QED) is 0.554. The van der Waals surface area contributed by atoms with Crippen LogP contribution < -0.4 is 15.8 Å². The molecule has 0 unspecified atom stereocenters. The Morgan fingerprint density at radius 3 is 2.58 bits per heavy atom. The van der Waals surface area contributed by atoms with Crippen LogP contribution in [0.1, 0.15) is 16.2 Å². The highest BCUT2D eigenvalue weighted by molar-refractivity contribution is 6.13. The highest BCUT2D eigenvalue weighted by atomic mass is 35.5. The SMILES string of the molecule is Cl.O=C1c2ccc(N3CCNCC3)cc2-n2c1nc1ccccc1c2=O. The fraction of sp³-hybridized carbons (Fsp3) is 0.211. The van der Waals surface area contributed by atoms with Crippen LogP contribution in [-0.4, -0.2) is 41.5 Å². The number of fused-ring (bicyclic) bond motifs is 4. The Balaban J connectivity index is 0.00000168. The smallest absolute Gasteiger partial charge is 0.266 e. The zero-order valence-electron chi connectivity index (χ0n) is 13.9. The molecule has 0 radical (unpaired) electrons. The monoisotopic (exact) mass is 368 g/mol. The van der Waals surface area contributed by atoms with Gasteiger partial charge in [0.1, 0.15) is 0 Å². The molecule has 7 heteroatoms. The first-order valence-corrected chi connectivity index (χ1v) is 8.40. The van der Waals surface area contributed by atoms with Gasteiger partial charge in [-0.1, -0.05) is 12.1 Å². The maximum atomic E-state index is 13.0. The topological polar surface area (TPSA) is 67.2 Å². The second-order valence-corrected chi connectivity index (χ2v) is 6.36. The van der Waals surface area contributed by atoms with Crippen LogP contribution in [0.3, 0.4) is 0 Å². The molecule has 2 aliphatic rings. The van der Waals surface area contributed by atoms with Gasteiger partial charge in [0.25, 0.3) is 5.56 Å². The number of hydrogen-bond donors (Lipinski definition) is 1. The molecular formula is C19H17ClN4O2. The summed E-state index contributed by atoms with van der Waals surface area (Å²) in [6.45, 7) is 3.67. The Labute approximate surface area is 155 Å². The molecule has 2 aliphatic heterocycles. The van der Waals surface area contributed by atoms with Gasteiger partial charge in [0, 0.05) is 31.9 Å². The minimum Gasteiger partial charge on any atom is -0.369 e. The van der Waals surface area contributed by atoms with Crippen molar-refractivity contribution in [2.24, 2.45) is 0 Å². The number of benzene rings is 2. The minimum atomic E-state index is -0.190. The molecule has 3 aromatic rings. The lowest BCUT2D eigenvalue weighted by molar-refractivity contribution is 0.103. The van der Waals surface area contributed by atoms with Gasteiger partial charge in [-0.2, -0.15) is 0 Å². The first-order valence-electron chi connectivity index (χ1n) is 8.40. The van der Waals surface area contributed by atoms with Crippen molar-refractivity contribution in [1.29, 1.82) is 0 Å². The van der Waals surface area contributed by atoms with E-state index in [9.17, 15) is 9.59 Å².